The van der Waals surface area contributed by atoms with Crippen LogP contribution in [0.3, 0.4) is 0 Å². The summed E-state index contributed by atoms with van der Waals surface area (Å²) in [6.07, 6.45) is 2.77. The van der Waals surface area contributed by atoms with Crippen LogP contribution in [0.2, 0.25) is 0 Å². The molecule has 0 aliphatic heterocycles. The fraction of sp³-hybridized carbons (Fsp3) is 0.143. The Labute approximate surface area is 75.5 Å². The topological polar surface area (TPSA) is 101 Å². The molecular weight excluding hydrogens is 170 g/mol. The lowest BCUT2D eigenvalue weighted by molar-refractivity contribution is 0.282. The molecule has 0 amide bonds. The van der Waals surface area contributed by atoms with E-state index in [-0.39, 0.29) is 6.61 Å². The Bertz CT molecular complexity index is 301. The maximum Gasteiger partial charge on any atom is 0.148 e. The number of hydrazone groups is 1. The van der Waals surface area contributed by atoms with Gasteiger partial charge in [-0.25, -0.2) is 15.8 Å². The average molecular weight is 181 g/mol. The van der Waals surface area contributed by atoms with Gasteiger partial charge in [0.2, 0.25) is 0 Å². The normalized spacial score (nSPS) is 10.6. The lowest BCUT2D eigenvalue weighted by Gasteiger charge is -2.10. The van der Waals surface area contributed by atoms with Crippen LogP contribution in [0.5, 0.6) is 0 Å². The molecule has 0 saturated heterocycles. The highest BCUT2D eigenvalue weighted by Crippen LogP contribution is 2.07. The second kappa shape index (κ2) is 4.39. The molecule has 13 heavy (non-hydrogen) atoms. The number of hydrogen-bond acceptors (Lipinski definition) is 5. The first-order valence-electron chi connectivity index (χ1n) is 3.61. The molecule has 0 radical (unpaired) electrons. The maximum atomic E-state index is 8.83. The van der Waals surface area contributed by atoms with E-state index in [9.17, 15) is 0 Å². The van der Waals surface area contributed by atoms with Gasteiger partial charge in [-0.2, -0.15) is 5.10 Å². The van der Waals surface area contributed by atoms with Crippen LogP contribution in [-0.4, -0.2) is 16.4 Å². The minimum absolute atomic E-state index is 0.0525. The number of hydrazine groups is 1. The first-order valence-corrected chi connectivity index (χ1v) is 3.61. The Morgan fingerprint density at radius 3 is 3.08 bits per heavy atom. The minimum Gasteiger partial charge on any atom is -0.392 e. The van der Waals surface area contributed by atoms with Crippen LogP contribution < -0.4 is 16.7 Å². The second-order valence-corrected chi connectivity index (χ2v) is 2.35. The van der Waals surface area contributed by atoms with E-state index in [0.29, 0.717) is 5.82 Å². The smallest absolute Gasteiger partial charge is 0.148 e. The summed E-state index contributed by atoms with van der Waals surface area (Å²) in [4.78, 5) is 3.95. The van der Waals surface area contributed by atoms with Gasteiger partial charge >= 0.3 is 0 Å². The molecule has 0 aliphatic rings. The van der Waals surface area contributed by atoms with Crippen molar-refractivity contribution >= 4 is 12.2 Å². The molecule has 6 heteroatoms. The van der Waals surface area contributed by atoms with Crippen LogP contribution in [-0.2, 0) is 6.61 Å². The number of rotatable bonds is 3. The van der Waals surface area contributed by atoms with Crippen molar-refractivity contribution in [3.05, 3.63) is 23.9 Å². The van der Waals surface area contributed by atoms with Crippen LogP contribution in [0.1, 0.15) is 5.56 Å². The fourth-order valence-corrected chi connectivity index (χ4v) is 0.831. The highest BCUT2D eigenvalue weighted by molar-refractivity contribution is 5.75. The third-order valence-electron chi connectivity index (χ3n) is 1.45. The van der Waals surface area contributed by atoms with Gasteiger partial charge in [-0.05, 0) is 17.7 Å². The van der Waals surface area contributed by atoms with E-state index in [1.54, 1.807) is 18.3 Å². The molecule has 0 atom stereocenters. The SMILES string of the molecule is N/N=C\N(N)c1cc(CO)ccn1. The van der Waals surface area contributed by atoms with Gasteiger partial charge in [-0.3, -0.25) is 0 Å². The summed E-state index contributed by atoms with van der Waals surface area (Å²) < 4.78 is 0. The molecule has 0 bridgehead atoms. The zero-order valence-corrected chi connectivity index (χ0v) is 6.96. The standard InChI is InChI=1S/C7H11N5O/c8-11-5-12(9)7-3-6(4-13)1-2-10-7/h1-3,5,13H,4,8-9H2/b11-5-. The van der Waals surface area contributed by atoms with Gasteiger partial charge in [0.25, 0.3) is 0 Å². The number of pyridine rings is 1. The number of nitrogens with zero attached hydrogens (tertiary/aromatic N) is 3. The first kappa shape index (κ1) is 9.43. The molecule has 1 aromatic rings. The van der Waals surface area contributed by atoms with Crippen molar-refractivity contribution in [3.8, 4) is 0 Å². The largest absolute Gasteiger partial charge is 0.392 e. The molecule has 1 heterocycles. The maximum absolute atomic E-state index is 8.83. The third-order valence-corrected chi connectivity index (χ3v) is 1.45. The average Bonchev–Trinajstić information content (AvgIpc) is 2.18. The molecule has 0 unspecified atom stereocenters. The van der Waals surface area contributed by atoms with E-state index in [1.807, 2.05) is 0 Å². The predicted molar refractivity (Wildman–Crippen MR) is 49.5 cm³/mol. The lowest BCUT2D eigenvalue weighted by Crippen LogP contribution is -2.30. The summed E-state index contributed by atoms with van der Waals surface area (Å²) in [5, 5.41) is 13.2. The van der Waals surface area contributed by atoms with Crippen molar-refractivity contribution in [1.29, 1.82) is 0 Å². The van der Waals surface area contributed by atoms with Crippen molar-refractivity contribution < 1.29 is 5.11 Å². The van der Waals surface area contributed by atoms with E-state index in [4.69, 9.17) is 16.8 Å². The number of nitrogens with two attached hydrogens (primary N) is 2. The highest BCUT2D eigenvalue weighted by atomic mass is 16.3. The van der Waals surface area contributed by atoms with Crippen molar-refractivity contribution in [1.82, 2.24) is 4.98 Å². The third kappa shape index (κ3) is 2.39. The highest BCUT2D eigenvalue weighted by Gasteiger charge is 2.00. The molecule has 0 aromatic carbocycles. The summed E-state index contributed by atoms with van der Waals surface area (Å²) in [7, 11) is 0. The number of aromatic nitrogens is 1. The van der Waals surface area contributed by atoms with Crippen molar-refractivity contribution in [3.63, 3.8) is 0 Å². The van der Waals surface area contributed by atoms with Crippen molar-refractivity contribution in [2.45, 2.75) is 6.61 Å². The Balaban J connectivity index is 2.87. The lowest BCUT2D eigenvalue weighted by atomic mass is 10.3. The molecule has 0 fully saturated rings. The van der Waals surface area contributed by atoms with E-state index >= 15 is 0 Å². The van der Waals surface area contributed by atoms with Gasteiger partial charge in [0, 0.05) is 6.20 Å². The van der Waals surface area contributed by atoms with E-state index < -0.39 is 0 Å². The summed E-state index contributed by atoms with van der Waals surface area (Å²) >= 11 is 0. The van der Waals surface area contributed by atoms with Gasteiger partial charge in [0.15, 0.2) is 0 Å². The van der Waals surface area contributed by atoms with Crippen molar-refractivity contribution in [2.24, 2.45) is 16.8 Å². The molecule has 1 rings (SSSR count). The number of aliphatic hydroxyl groups excluding tert-OH is 1. The van der Waals surface area contributed by atoms with Gasteiger partial charge in [-0.1, -0.05) is 0 Å². The van der Waals surface area contributed by atoms with Gasteiger partial charge < -0.3 is 10.9 Å². The Morgan fingerprint density at radius 2 is 2.46 bits per heavy atom. The molecule has 0 saturated carbocycles. The Morgan fingerprint density at radius 1 is 1.69 bits per heavy atom. The molecule has 0 spiro atoms. The second-order valence-electron chi connectivity index (χ2n) is 2.35. The molecule has 5 N–H and O–H groups in total. The molecule has 6 nitrogen and oxygen atoms in total. The summed E-state index contributed by atoms with van der Waals surface area (Å²) in [6.45, 7) is -0.0525. The van der Waals surface area contributed by atoms with Gasteiger partial charge in [0.1, 0.15) is 12.2 Å². The van der Waals surface area contributed by atoms with Crippen molar-refractivity contribution in [2.75, 3.05) is 5.01 Å². The fourth-order valence-electron chi connectivity index (χ4n) is 0.831. The predicted octanol–water partition coefficient (Wildman–Crippen LogP) is -0.844. The Kier molecular flexibility index (Phi) is 3.18. The first-order chi connectivity index (χ1) is 6.27. The summed E-state index contributed by atoms with van der Waals surface area (Å²) in [5.41, 5.74) is 0.728. The number of aliphatic hydroxyl groups is 1. The van der Waals surface area contributed by atoms with Crippen LogP contribution in [0, 0.1) is 0 Å². The Hall–Kier alpha value is -1.66. The van der Waals surface area contributed by atoms with E-state index in [1.165, 1.54) is 11.3 Å². The summed E-state index contributed by atoms with van der Waals surface area (Å²) in [6, 6.07) is 3.33. The van der Waals surface area contributed by atoms with E-state index in [2.05, 4.69) is 10.1 Å². The van der Waals surface area contributed by atoms with Crippen LogP contribution in [0.25, 0.3) is 0 Å². The minimum atomic E-state index is -0.0525. The van der Waals surface area contributed by atoms with E-state index in [0.717, 1.165) is 5.56 Å². The van der Waals surface area contributed by atoms with Gasteiger partial charge in [0.05, 0.1) is 6.61 Å². The molecular formula is C7H11N5O. The van der Waals surface area contributed by atoms with Gasteiger partial charge in [-0.15, -0.1) is 0 Å². The van der Waals surface area contributed by atoms with Crippen LogP contribution >= 0.6 is 0 Å². The van der Waals surface area contributed by atoms with Crippen LogP contribution in [0.4, 0.5) is 5.82 Å². The number of hydrogen-bond donors (Lipinski definition) is 3. The summed E-state index contributed by atoms with van der Waals surface area (Å²) in [5.74, 6) is 10.9. The molecule has 0 aliphatic carbocycles. The molecule has 70 valence electrons. The number of anilines is 1. The quantitative estimate of drug-likeness (QED) is 0.244. The zero-order valence-electron chi connectivity index (χ0n) is 6.96. The molecule has 1 aromatic heterocycles. The zero-order chi connectivity index (χ0) is 9.68. The monoisotopic (exact) mass is 181 g/mol. The van der Waals surface area contributed by atoms with Crippen LogP contribution in [0.15, 0.2) is 23.4 Å².